The molecule has 0 N–H and O–H groups in total. The number of esters is 1. The minimum Gasteiger partial charge on any atom is -0.461 e. The van der Waals surface area contributed by atoms with E-state index in [1.54, 1.807) is 17.7 Å². The van der Waals surface area contributed by atoms with E-state index in [1.807, 2.05) is 12.1 Å². The van der Waals surface area contributed by atoms with Crippen LogP contribution in [0.1, 0.15) is 45.6 Å². The highest BCUT2D eigenvalue weighted by Crippen LogP contribution is 2.45. The summed E-state index contributed by atoms with van der Waals surface area (Å²) in [6.45, 7) is 11.9. The molecule has 178 valence electrons. The van der Waals surface area contributed by atoms with E-state index in [9.17, 15) is 9.59 Å². The summed E-state index contributed by atoms with van der Waals surface area (Å²) in [4.78, 5) is 31.0. The zero-order chi connectivity index (χ0) is 23.6. The molecule has 0 bridgehead atoms. The summed E-state index contributed by atoms with van der Waals surface area (Å²) in [7, 11) is -1.20. The van der Waals surface area contributed by atoms with Crippen LogP contribution in [0.25, 0.3) is 0 Å². The van der Waals surface area contributed by atoms with E-state index < -0.39 is 14.0 Å². The molecule has 2 aromatic heterocycles. The van der Waals surface area contributed by atoms with Crippen LogP contribution in [0, 0.1) is 11.8 Å². The summed E-state index contributed by atoms with van der Waals surface area (Å²) in [5.41, 5.74) is 2.26. The highest BCUT2D eigenvalue weighted by atomic mass is 28.3. The van der Waals surface area contributed by atoms with Crippen LogP contribution in [0.5, 0.6) is 0 Å². The average Bonchev–Trinajstić information content (AvgIpc) is 3.18. The lowest BCUT2D eigenvalue weighted by molar-refractivity contribution is 0.0510. The Hall–Kier alpha value is -2.52. The third-order valence-corrected chi connectivity index (χ3v) is 8.05. The monoisotopic (exact) mass is 470 g/mol. The number of pyridine rings is 1. The molecule has 2 aliphatic rings. The minimum atomic E-state index is -1.20. The number of nitrogens with zero attached hydrogens (tertiary/aromatic N) is 4. The maximum atomic E-state index is 12.3. The third-order valence-electron chi connectivity index (χ3n) is 6.34. The first-order chi connectivity index (χ1) is 15.8. The molecule has 0 amide bonds. The number of aromatic nitrogens is 3. The molecule has 1 saturated heterocycles. The molecule has 1 aliphatic carbocycles. The number of aldehydes is 1. The Morgan fingerprint density at radius 2 is 2.00 bits per heavy atom. The fourth-order valence-electron chi connectivity index (χ4n) is 4.24. The molecule has 8 nitrogen and oxygen atoms in total. The van der Waals surface area contributed by atoms with Gasteiger partial charge in [-0.2, -0.15) is 5.10 Å². The number of carbonyl (C=O) groups excluding carboxylic acids is 2. The van der Waals surface area contributed by atoms with Gasteiger partial charge in [-0.25, -0.2) is 14.5 Å². The molecule has 0 radical (unpaired) electrons. The number of fused-ring (bicyclic) bond motifs is 1. The maximum Gasteiger partial charge on any atom is 0.358 e. The van der Waals surface area contributed by atoms with Gasteiger partial charge in [0, 0.05) is 39.9 Å². The van der Waals surface area contributed by atoms with Crippen LogP contribution in [-0.2, 0) is 22.6 Å². The Morgan fingerprint density at radius 3 is 2.67 bits per heavy atom. The van der Waals surface area contributed by atoms with Crippen LogP contribution >= 0.6 is 0 Å². The van der Waals surface area contributed by atoms with Gasteiger partial charge in [-0.3, -0.25) is 4.79 Å². The lowest BCUT2D eigenvalue weighted by Crippen LogP contribution is -2.23. The zero-order valence-electron chi connectivity index (χ0n) is 20.0. The number of hydrogen-bond donors (Lipinski definition) is 0. The van der Waals surface area contributed by atoms with Gasteiger partial charge in [-0.1, -0.05) is 25.7 Å². The lowest BCUT2D eigenvalue weighted by atomic mass is 10.1. The molecular formula is C24H34N4O4Si. The average molecular weight is 471 g/mol. The first kappa shape index (κ1) is 23.6. The summed E-state index contributed by atoms with van der Waals surface area (Å²) in [5.74, 6) is 1.99. The van der Waals surface area contributed by atoms with Crippen molar-refractivity contribution in [3.05, 3.63) is 40.8 Å². The molecule has 0 spiro atoms. The van der Waals surface area contributed by atoms with E-state index in [0.717, 1.165) is 54.3 Å². The molecular weight excluding hydrogens is 436 g/mol. The van der Waals surface area contributed by atoms with Crippen LogP contribution in [0.2, 0.25) is 25.7 Å². The molecule has 3 heterocycles. The molecule has 4 rings (SSSR count). The fraction of sp³-hybridized carbons (Fsp3) is 0.583. The Labute approximate surface area is 196 Å². The van der Waals surface area contributed by atoms with Gasteiger partial charge in [0.25, 0.3) is 0 Å². The van der Waals surface area contributed by atoms with Crippen LogP contribution in [0.15, 0.2) is 18.2 Å². The predicted octanol–water partition coefficient (Wildman–Crippen LogP) is 3.63. The van der Waals surface area contributed by atoms with Gasteiger partial charge in [0.1, 0.15) is 18.2 Å². The van der Waals surface area contributed by atoms with Crippen LogP contribution in [0.3, 0.4) is 0 Å². The van der Waals surface area contributed by atoms with Gasteiger partial charge in [-0.15, -0.1) is 0 Å². The molecule has 2 atom stereocenters. The second-order valence-corrected chi connectivity index (χ2v) is 15.9. The zero-order valence-corrected chi connectivity index (χ0v) is 21.0. The quantitative estimate of drug-likeness (QED) is 0.214. The van der Waals surface area contributed by atoms with Crippen molar-refractivity contribution in [1.29, 1.82) is 0 Å². The molecule has 1 saturated carbocycles. The number of carbonyl (C=O) groups is 2. The van der Waals surface area contributed by atoms with Gasteiger partial charge in [0.15, 0.2) is 12.0 Å². The largest absolute Gasteiger partial charge is 0.461 e. The van der Waals surface area contributed by atoms with Crippen molar-refractivity contribution < 1.29 is 19.1 Å². The highest BCUT2D eigenvalue weighted by molar-refractivity contribution is 6.76. The summed E-state index contributed by atoms with van der Waals surface area (Å²) >= 11 is 0. The second kappa shape index (κ2) is 9.76. The Kier molecular flexibility index (Phi) is 6.99. The number of anilines is 1. The maximum absolute atomic E-state index is 12.3. The van der Waals surface area contributed by atoms with Crippen molar-refractivity contribution in [3.63, 3.8) is 0 Å². The van der Waals surface area contributed by atoms with Crippen LogP contribution < -0.4 is 4.90 Å². The van der Waals surface area contributed by atoms with Gasteiger partial charge >= 0.3 is 5.97 Å². The first-order valence-corrected chi connectivity index (χ1v) is 15.5. The lowest BCUT2D eigenvalue weighted by Gasteiger charge is -2.20. The van der Waals surface area contributed by atoms with E-state index in [2.05, 4.69) is 34.6 Å². The van der Waals surface area contributed by atoms with Gasteiger partial charge in [-0.05, 0) is 48.9 Å². The van der Waals surface area contributed by atoms with Crippen molar-refractivity contribution in [2.24, 2.45) is 11.8 Å². The van der Waals surface area contributed by atoms with E-state index in [1.165, 1.54) is 6.42 Å². The fourth-order valence-corrected chi connectivity index (χ4v) is 5.00. The molecule has 0 aromatic carbocycles. The van der Waals surface area contributed by atoms with Gasteiger partial charge in [0.05, 0.1) is 6.61 Å². The first-order valence-electron chi connectivity index (χ1n) is 11.8. The number of ether oxygens (including phenoxy) is 2. The molecule has 2 unspecified atom stereocenters. The smallest absolute Gasteiger partial charge is 0.358 e. The van der Waals surface area contributed by atoms with Crippen molar-refractivity contribution in [3.8, 4) is 0 Å². The summed E-state index contributed by atoms with van der Waals surface area (Å²) in [6.07, 6.45) is 2.56. The van der Waals surface area contributed by atoms with Crippen molar-refractivity contribution in [2.45, 2.75) is 52.2 Å². The van der Waals surface area contributed by atoms with E-state index in [-0.39, 0.29) is 19.0 Å². The van der Waals surface area contributed by atoms with Crippen LogP contribution in [0.4, 0.5) is 5.82 Å². The Morgan fingerprint density at radius 1 is 1.24 bits per heavy atom. The minimum absolute atomic E-state index is 0.245. The Bertz CT molecular complexity index is 1010. The standard InChI is InChI=1S/C24H34N4O4Si/c1-5-32-24(30)21-12-20(28(26-21)16-31-8-9-33(2,3)4)11-17-6-7-23(25-22(17)15-29)27-13-18-10-19(18)14-27/h6-7,12,15,18-19H,5,8-11,13-14,16H2,1-4H3. The number of hydrogen-bond acceptors (Lipinski definition) is 7. The summed E-state index contributed by atoms with van der Waals surface area (Å²) in [5, 5.41) is 4.42. The molecule has 33 heavy (non-hydrogen) atoms. The van der Waals surface area contributed by atoms with Crippen LogP contribution in [-0.4, -0.2) is 61.4 Å². The number of rotatable bonds is 11. The summed E-state index contributed by atoms with van der Waals surface area (Å²) in [6, 6.07) is 6.72. The highest BCUT2D eigenvalue weighted by Gasteiger charge is 2.45. The molecule has 1 aliphatic heterocycles. The van der Waals surface area contributed by atoms with Gasteiger partial charge in [0.2, 0.25) is 0 Å². The number of piperidine rings is 1. The van der Waals surface area contributed by atoms with Crippen molar-refractivity contribution >= 4 is 26.1 Å². The predicted molar refractivity (Wildman–Crippen MR) is 129 cm³/mol. The summed E-state index contributed by atoms with van der Waals surface area (Å²) < 4.78 is 12.7. The van der Waals surface area contributed by atoms with Crippen molar-refractivity contribution in [1.82, 2.24) is 14.8 Å². The van der Waals surface area contributed by atoms with Gasteiger partial charge < -0.3 is 14.4 Å². The van der Waals surface area contributed by atoms with E-state index in [0.29, 0.717) is 18.7 Å². The molecule has 2 fully saturated rings. The molecule has 2 aromatic rings. The third kappa shape index (κ3) is 5.89. The topological polar surface area (TPSA) is 86.6 Å². The normalized spacial score (nSPS) is 19.5. The SMILES string of the molecule is CCOC(=O)c1cc(Cc2ccc(N3CC4CC4C3)nc2C=O)n(COCC[Si](C)(C)C)n1. The molecule has 9 heteroatoms. The second-order valence-electron chi connectivity index (χ2n) is 10.3. The Balaban J connectivity index is 1.51. The van der Waals surface area contributed by atoms with E-state index >= 15 is 0 Å². The van der Waals surface area contributed by atoms with Crippen molar-refractivity contribution in [2.75, 3.05) is 31.2 Å². The van der Waals surface area contributed by atoms with E-state index in [4.69, 9.17) is 9.47 Å².